The van der Waals surface area contributed by atoms with Crippen LogP contribution in [0.3, 0.4) is 0 Å². The van der Waals surface area contributed by atoms with E-state index in [4.69, 9.17) is 0 Å². The number of likely N-dealkylation sites (tertiary alicyclic amines) is 1. The highest BCUT2D eigenvalue weighted by atomic mass is 16.2. The smallest absolute Gasteiger partial charge is 0.324 e. The minimum atomic E-state index is -0.754. The van der Waals surface area contributed by atoms with E-state index in [-0.39, 0.29) is 11.9 Å². The van der Waals surface area contributed by atoms with Crippen LogP contribution in [0.15, 0.2) is 0 Å². The second-order valence-electron chi connectivity index (χ2n) is 7.39. The van der Waals surface area contributed by atoms with Gasteiger partial charge in [0.2, 0.25) is 0 Å². The van der Waals surface area contributed by atoms with Gasteiger partial charge >= 0.3 is 6.03 Å². The molecule has 0 saturated carbocycles. The van der Waals surface area contributed by atoms with E-state index in [1.165, 1.54) is 24.2 Å². The molecule has 2 rings (SSSR count). The number of nitrogens with zero attached hydrogens (tertiary/aromatic N) is 3. The Labute approximate surface area is 133 Å². The zero-order valence-electron chi connectivity index (χ0n) is 14.4. The minimum Gasteiger partial charge on any atom is -0.324 e. The first-order valence-electron chi connectivity index (χ1n) is 8.31. The van der Waals surface area contributed by atoms with Gasteiger partial charge in [0.25, 0.3) is 5.91 Å². The number of imide groups is 1. The van der Waals surface area contributed by atoms with E-state index in [9.17, 15) is 9.59 Å². The zero-order valence-corrected chi connectivity index (χ0v) is 14.4. The lowest BCUT2D eigenvalue weighted by Crippen LogP contribution is -2.43. The number of amides is 3. The molecule has 0 aromatic carbocycles. The fourth-order valence-electron chi connectivity index (χ4n) is 3.20. The second-order valence-corrected chi connectivity index (χ2v) is 7.39. The first-order valence-corrected chi connectivity index (χ1v) is 8.31. The van der Waals surface area contributed by atoms with Crippen molar-refractivity contribution in [2.45, 2.75) is 38.6 Å². The average Bonchev–Trinajstić information content (AvgIpc) is 2.64. The van der Waals surface area contributed by atoms with Gasteiger partial charge in [0.15, 0.2) is 0 Å². The molecule has 6 nitrogen and oxygen atoms in total. The Morgan fingerprint density at radius 2 is 1.82 bits per heavy atom. The molecule has 0 radical (unpaired) electrons. The Bertz CT molecular complexity index is 414. The molecule has 0 bridgehead atoms. The maximum Gasteiger partial charge on any atom is 0.325 e. The van der Waals surface area contributed by atoms with Crippen LogP contribution >= 0.6 is 0 Å². The van der Waals surface area contributed by atoms with E-state index in [1.807, 2.05) is 0 Å². The van der Waals surface area contributed by atoms with Gasteiger partial charge in [-0.3, -0.25) is 9.69 Å². The fraction of sp³-hybridized carbons (Fsp3) is 0.875. The van der Waals surface area contributed by atoms with E-state index < -0.39 is 5.54 Å². The number of rotatable bonds is 6. The zero-order chi connectivity index (χ0) is 16.3. The molecule has 2 fully saturated rings. The SMILES string of the molecule is CN(C)CCC1CCN(CCN2C(=O)NC(C)(C)C2=O)CC1. The van der Waals surface area contributed by atoms with Crippen LogP contribution in [-0.4, -0.2) is 79.0 Å². The third kappa shape index (κ3) is 4.20. The molecule has 0 atom stereocenters. The predicted octanol–water partition coefficient (Wildman–Crippen LogP) is 0.981. The molecular weight excluding hydrogens is 280 g/mol. The average molecular weight is 310 g/mol. The van der Waals surface area contributed by atoms with Crippen LogP contribution in [-0.2, 0) is 4.79 Å². The lowest BCUT2D eigenvalue weighted by Gasteiger charge is -2.33. The van der Waals surface area contributed by atoms with Crippen LogP contribution in [0.2, 0.25) is 0 Å². The van der Waals surface area contributed by atoms with Gasteiger partial charge in [-0.15, -0.1) is 0 Å². The summed E-state index contributed by atoms with van der Waals surface area (Å²) in [6, 6.07) is -0.254. The molecule has 2 heterocycles. The number of hydrogen-bond acceptors (Lipinski definition) is 4. The van der Waals surface area contributed by atoms with Gasteiger partial charge in [-0.1, -0.05) is 0 Å². The fourth-order valence-corrected chi connectivity index (χ4v) is 3.20. The van der Waals surface area contributed by atoms with Gasteiger partial charge in [-0.2, -0.15) is 0 Å². The van der Waals surface area contributed by atoms with Gasteiger partial charge in [-0.05, 0) is 72.8 Å². The molecule has 1 N–H and O–H groups in total. The third-order valence-corrected chi connectivity index (χ3v) is 4.78. The minimum absolute atomic E-state index is 0.113. The van der Waals surface area contributed by atoms with Gasteiger partial charge in [0, 0.05) is 13.1 Å². The molecule has 0 spiro atoms. The first kappa shape index (κ1) is 17.2. The van der Waals surface area contributed by atoms with Crippen molar-refractivity contribution in [3.8, 4) is 0 Å². The van der Waals surface area contributed by atoms with Gasteiger partial charge in [0.1, 0.15) is 5.54 Å². The number of piperidine rings is 1. The quantitative estimate of drug-likeness (QED) is 0.743. The summed E-state index contributed by atoms with van der Waals surface area (Å²) >= 11 is 0. The van der Waals surface area contributed by atoms with Gasteiger partial charge in [-0.25, -0.2) is 4.79 Å². The normalized spacial score (nSPS) is 23.4. The highest BCUT2D eigenvalue weighted by molar-refractivity contribution is 6.06. The summed E-state index contributed by atoms with van der Waals surface area (Å²) in [5.41, 5.74) is -0.754. The topological polar surface area (TPSA) is 55.9 Å². The van der Waals surface area contributed by atoms with Crippen LogP contribution in [0.5, 0.6) is 0 Å². The highest BCUT2D eigenvalue weighted by Gasteiger charge is 2.44. The molecule has 0 aliphatic carbocycles. The van der Waals surface area contributed by atoms with Crippen molar-refractivity contribution < 1.29 is 9.59 Å². The lowest BCUT2D eigenvalue weighted by molar-refractivity contribution is -0.130. The Balaban J connectivity index is 1.71. The Kier molecular flexibility index (Phi) is 5.45. The molecule has 2 aliphatic rings. The first-order chi connectivity index (χ1) is 10.3. The van der Waals surface area contributed by atoms with Crippen molar-refractivity contribution in [1.82, 2.24) is 20.0 Å². The Hall–Kier alpha value is -1.14. The second kappa shape index (κ2) is 6.96. The van der Waals surface area contributed by atoms with Crippen LogP contribution in [0, 0.1) is 5.92 Å². The highest BCUT2D eigenvalue weighted by Crippen LogP contribution is 2.21. The summed E-state index contributed by atoms with van der Waals surface area (Å²) in [5.74, 6) is 0.702. The summed E-state index contributed by atoms with van der Waals surface area (Å²) in [6.07, 6.45) is 3.71. The summed E-state index contributed by atoms with van der Waals surface area (Å²) in [7, 11) is 4.24. The predicted molar refractivity (Wildman–Crippen MR) is 86.7 cm³/mol. The maximum absolute atomic E-state index is 12.1. The molecule has 0 aromatic heterocycles. The van der Waals surface area contributed by atoms with E-state index in [0.717, 1.165) is 32.1 Å². The van der Waals surface area contributed by atoms with Crippen LogP contribution < -0.4 is 5.32 Å². The van der Waals surface area contributed by atoms with Crippen LogP contribution in [0.1, 0.15) is 33.1 Å². The van der Waals surface area contributed by atoms with Crippen molar-refractivity contribution in [2.75, 3.05) is 46.8 Å². The molecule has 2 aliphatic heterocycles. The summed E-state index contributed by atoms with van der Waals surface area (Å²) < 4.78 is 0. The number of nitrogens with one attached hydrogen (secondary N) is 1. The molecular formula is C16H30N4O2. The van der Waals surface area contributed by atoms with Crippen LogP contribution in [0.25, 0.3) is 0 Å². The van der Waals surface area contributed by atoms with Crippen LogP contribution in [0.4, 0.5) is 4.79 Å². The standard InChI is InChI=1S/C16H30N4O2/c1-16(2)14(21)20(15(22)17-16)12-11-19-9-6-13(7-10-19)5-8-18(3)4/h13H,5-12H2,1-4H3,(H,17,22). The summed E-state index contributed by atoms with van der Waals surface area (Å²) in [6.45, 7) is 8.09. The van der Waals surface area contributed by atoms with E-state index >= 15 is 0 Å². The Morgan fingerprint density at radius 1 is 1.18 bits per heavy atom. The molecule has 3 amide bonds. The van der Waals surface area contributed by atoms with E-state index in [1.54, 1.807) is 13.8 Å². The molecule has 0 aromatic rings. The number of carbonyl (C=O) groups excluding carboxylic acids is 2. The van der Waals surface area contributed by atoms with E-state index in [2.05, 4.69) is 29.2 Å². The molecule has 0 unspecified atom stereocenters. The van der Waals surface area contributed by atoms with Gasteiger partial charge in [0.05, 0.1) is 0 Å². The summed E-state index contributed by atoms with van der Waals surface area (Å²) in [5, 5.41) is 2.73. The number of hydrogen-bond donors (Lipinski definition) is 1. The largest absolute Gasteiger partial charge is 0.325 e. The molecule has 126 valence electrons. The summed E-state index contributed by atoms with van der Waals surface area (Å²) in [4.78, 5) is 29.9. The van der Waals surface area contributed by atoms with Crippen molar-refractivity contribution in [2.24, 2.45) is 5.92 Å². The third-order valence-electron chi connectivity index (χ3n) is 4.78. The Morgan fingerprint density at radius 3 is 2.32 bits per heavy atom. The number of urea groups is 1. The van der Waals surface area contributed by atoms with Gasteiger partial charge < -0.3 is 15.1 Å². The van der Waals surface area contributed by atoms with Crippen molar-refractivity contribution in [1.29, 1.82) is 0 Å². The monoisotopic (exact) mass is 310 g/mol. The molecule has 2 saturated heterocycles. The molecule has 22 heavy (non-hydrogen) atoms. The maximum atomic E-state index is 12.1. The van der Waals surface area contributed by atoms with Crippen molar-refractivity contribution in [3.05, 3.63) is 0 Å². The number of carbonyl (C=O) groups is 2. The molecule has 6 heteroatoms. The van der Waals surface area contributed by atoms with E-state index in [0.29, 0.717) is 6.54 Å². The lowest BCUT2D eigenvalue weighted by atomic mass is 9.93. The van der Waals surface area contributed by atoms with Crippen molar-refractivity contribution in [3.63, 3.8) is 0 Å². The van der Waals surface area contributed by atoms with Crippen molar-refractivity contribution >= 4 is 11.9 Å².